The van der Waals surface area contributed by atoms with Gasteiger partial charge in [0.05, 0.1) is 16.0 Å². The topological polar surface area (TPSA) is 67.4 Å². The minimum absolute atomic E-state index is 0. The maximum Gasteiger partial charge on any atom is 0.240 e. The number of halogens is 2. The largest absolute Gasteiger partial charge is 0.493 e. The second-order valence-electron chi connectivity index (χ2n) is 4.67. The van der Waals surface area contributed by atoms with E-state index in [0.717, 1.165) is 19.4 Å². The Kier molecular flexibility index (Phi) is 7.42. The van der Waals surface area contributed by atoms with E-state index in [1.165, 1.54) is 0 Å². The SMILES string of the molecule is CCOc1ccc(S(=O)(=O)NCC2CCCN2)cc1Br.Cl. The van der Waals surface area contributed by atoms with Gasteiger partial charge in [-0.2, -0.15) is 0 Å². The molecule has 8 heteroatoms. The summed E-state index contributed by atoms with van der Waals surface area (Å²) in [4.78, 5) is 0.242. The van der Waals surface area contributed by atoms with Crippen LogP contribution in [0.4, 0.5) is 0 Å². The predicted molar refractivity (Wildman–Crippen MR) is 88.8 cm³/mol. The molecule has 1 atom stereocenters. The zero-order valence-corrected chi connectivity index (χ0v) is 15.0. The van der Waals surface area contributed by atoms with Crippen LogP contribution in [0.25, 0.3) is 0 Å². The van der Waals surface area contributed by atoms with Crippen molar-refractivity contribution in [3.05, 3.63) is 22.7 Å². The first kappa shape index (κ1) is 18.7. The van der Waals surface area contributed by atoms with Gasteiger partial charge in [-0.15, -0.1) is 12.4 Å². The van der Waals surface area contributed by atoms with Crippen LogP contribution < -0.4 is 14.8 Å². The summed E-state index contributed by atoms with van der Waals surface area (Å²) < 4.78 is 33.1. The van der Waals surface area contributed by atoms with Crippen LogP contribution in [0, 0.1) is 0 Å². The average molecular weight is 400 g/mol. The standard InChI is InChI=1S/C13H19BrN2O3S.ClH/c1-2-19-13-6-5-11(8-12(13)14)20(17,18)16-9-10-4-3-7-15-10;/h5-6,8,10,15-16H,2-4,7,9H2,1H3;1H. The van der Waals surface area contributed by atoms with Crippen molar-refractivity contribution in [1.29, 1.82) is 0 Å². The summed E-state index contributed by atoms with van der Waals surface area (Å²) in [5, 5.41) is 3.26. The first-order chi connectivity index (χ1) is 9.53. The summed E-state index contributed by atoms with van der Waals surface area (Å²) in [6, 6.07) is 5.02. The van der Waals surface area contributed by atoms with Gasteiger partial charge in [-0.3, -0.25) is 0 Å². The highest BCUT2D eigenvalue weighted by atomic mass is 79.9. The number of benzene rings is 1. The Morgan fingerprint density at radius 2 is 2.24 bits per heavy atom. The number of rotatable bonds is 6. The highest BCUT2D eigenvalue weighted by Crippen LogP contribution is 2.27. The van der Waals surface area contributed by atoms with Gasteiger partial charge < -0.3 is 10.1 Å². The van der Waals surface area contributed by atoms with Crippen molar-refractivity contribution < 1.29 is 13.2 Å². The van der Waals surface area contributed by atoms with Crippen molar-refractivity contribution in [3.63, 3.8) is 0 Å². The minimum Gasteiger partial charge on any atom is -0.493 e. The van der Waals surface area contributed by atoms with Gasteiger partial charge in [0, 0.05) is 12.6 Å². The van der Waals surface area contributed by atoms with E-state index in [-0.39, 0.29) is 23.3 Å². The third kappa shape index (κ3) is 5.10. The van der Waals surface area contributed by atoms with Crippen LogP contribution in [-0.2, 0) is 10.0 Å². The Hall–Kier alpha value is -0.340. The molecule has 120 valence electrons. The normalized spacial score (nSPS) is 18.3. The Labute approximate surface area is 140 Å². The van der Waals surface area contributed by atoms with Crippen LogP contribution in [0.5, 0.6) is 5.75 Å². The predicted octanol–water partition coefficient (Wildman–Crippen LogP) is 2.30. The summed E-state index contributed by atoms with van der Waals surface area (Å²) in [5.74, 6) is 0.643. The second-order valence-corrected chi connectivity index (χ2v) is 7.29. The fourth-order valence-corrected chi connectivity index (χ4v) is 3.90. The lowest BCUT2D eigenvalue weighted by Crippen LogP contribution is -2.37. The molecular weight excluding hydrogens is 380 g/mol. The zero-order valence-electron chi connectivity index (χ0n) is 11.8. The molecule has 1 aliphatic heterocycles. The van der Waals surface area contributed by atoms with Gasteiger partial charge in [0.1, 0.15) is 5.75 Å². The van der Waals surface area contributed by atoms with Crippen LogP contribution in [0.15, 0.2) is 27.6 Å². The Morgan fingerprint density at radius 3 is 2.81 bits per heavy atom. The third-order valence-electron chi connectivity index (χ3n) is 3.20. The van der Waals surface area contributed by atoms with Gasteiger partial charge in [-0.25, -0.2) is 13.1 Å². The summed E-state index contributed by atoms with van der Waals surface area (Å²) in [5.41, 5.74) is 0. The van der Waals surface area contributed by atoms with Gasteiger partial charge in [-0.1, -0.05) is 0 Å². The number of ether oxygens (including phenoxy) is 1. The second kappa shape index (κ2) is 8.33. The smallest absolute Gasteiger partial charge is 0.240 e. The Balaban J connectivity index is 0.00000220. The molecular formula is C13H20BrClN2O3S. The van der Waals surface area contributed by atoms with E-state index in [4.69, 9.17) is 4.74 Å². The number of hydrogen-bond acceptors (Lipinski definition) is 4. The summed E-state index contributed by atoms with van der Waals surface area (Å²) in [6.07, 6.45) is 2.11. The van der Waals surface area contributed by atoms with Crippen molar-refractivity contribution in [2.45, 2.75) is 30.7 Å². The number of hydrogen-bond donors (Lipinski definition) is 2. The molecule has 0 bridgehead atoms. The van der Waals surface area contributed by atoms with Crippen LogP contribution in [-0.4, -0.2) is 34.2 Å². The first-order valence-corrected chi connectivity index (χ1v) is 8.96. The highest BCUT2D eigenvalue weighted by molar-refractivity contribution is 9.10. The molecule has 1 aliphatic rings. The van der Waals surface area contributed by atoms with Crippen LogP contribution in [0.2, 0.25) is 0 Å². The quantitative estimate of drug-likeness (QED) is 0.770. The van der Waals surface area contributed by atoms with Crippen molar-refractivity contribution in [2.75, 3.05) is 19.7 Å². The number of nitrogens with one attached hydrogen (secondary N) is 2. The summed E-state index contributed by atoms with van der Waals surface area (Å²) >= 11 is 3.33. The van der Waals surface area contributed by atoms with Gasteiger partial charge in [0.25, 0.3) is 0 Å². The molecule has 21 heavy (non-hydrogen) atoms. The molecule has 0 aromatic heterocycles. The number of sulfonamides is 1. The molecule has 1 unspecified atom stereocenters. The zero-order chi connectivity index (χ0) is 14.6. The molecule has 1 heterocycles. The first-order valence-electron chi connectivity index (χ1n) is 6.68. The summed E-state index contributed by atoms with van der Waals surface area (Å²) in [7, 11) is -3.48. The van der Waals surface area contributed by atoms with E-state index in [1.807, 2.05) is 6.92 Å². The van der Waals surface area contributed by atoms with Gasteiger partial charge >= 0.3 is 0 Å². The molecule has 0 saturated carbocycles. The maximum absolute atomic E-state index is 12.2. The lowest BCUT2D eigenvalue weighted by Gasteiger charge is -2.13. The molecule has 0 radical (unpaired) electrons. The molecule has 1 aromatic rings. The van der Waals surface area contributed by atoms with E-state index in [9.17, 15) is 8.42 Å². The van der Waals surface area contributed by atoms with E-state index in [0.29, 0.717) is 23.4 Å². The molecule has 2 N–H and O–H groups in total. The van der Waals surface area contributed by atoms with Crippen molar-refractivity contribution >= 4 is 38.4 Å². The van der Waals surface area contributed by atoms with E-state index in [2.05, 4.69) is 26.0 Å². The molecule has 2 rings (SSSR count). The maximum atomic E-state index is 12.2. The third-order valence-corrected chi connectivity index (χ3v) is 5.24. The van der Waals surface area contributed by atoms with Gasteiger partial charge in [0.15, 0.2) is 0 Å². The molecule has 1 fully saturated rings. The van der Waals surface area contributed by atoms with Crippen molar-refractivity contribution in [1.82, 2.24) is 10.0 Å². The minimum atomic E-state index is -3.48. The monoisotopic (exact) mass is 398 g/mol. The average Bonchev–Trinajstić information content (AvgIpc) is 2.92. The van der Waals surface area contributed by atoms with Crippen molar-refractivity contribution in [3.8, 4) is 5.75 Å². The van der Waals surface area contributed by atoms with Crippen LogP contribution in [0.3, 0.4) is 0 Å². The Morgan fingerprint density at radius 1 is 1.48 bits per heavy atom. The fourth-order valence-electron chi connectivity index (χ4n) is 2.15. The lowest BCUT2D eigenvalue weighted by molar-refractivity contribution is 0.338. The molecule has 5 nitrogen and oxygen atoms in total. The lowest BCUT2D eigenvalue weighted by atomic mass is 10.2. The van der Waals surface area contributed by atoms with Gasteiger partial charge in [-0.05, 0) is 60.4 Å². The Bertz CT molecular complexity index is 563. The highest BCUT2D eigenvalue weighted by Gasteiger charge is 2.20. The van der Waals surface area contributed by atoms with Gasteiger partial charge in [0.2, 0.25) is 10.0 Å². The van der Waals surface area contributed by atoms with Crippen LogP contribution >= 0.6 is 28.3 Å². The van der Waals surface area contributed by atoms with Crippen molar-refractivity contribution in [2.24, 2.45) is 0 Å². The van der Waals surface area contributed by atoms with E-state index in [1.54, 1.807) is 18.2 Å². The molecule has 0 spiro atoms. The fraction of sp³-hybridized carbons (Fsp3) is 0.538. The van der Waals surface area contributed by atoms with E-state index < -0.39 is 10.0 Å². The van der Waals surface area contributed by atoms with Crippen LogP contribution in [0.1, 0.15) is 19.8 Å². The molecule has 0 aliphatic carbocycles. The molecule has 0 amide bonds. The molecule has 1 aromatic carbocycles. The summed E-state index contributed by atoms with van der Waals surface area (Å²) in [6.45, 7) is 3.80. The van der Waals surface area contributed by atoms with E-state index >= 15 is 0 Å². The molecule has 1 saturated heterocycles.